The maximum atomic E-state index is 12.7. The van der Waals surface area contributed by atoms with Gasteiger partial charge in [0.15, 0.2) is 5.65 Å². The van der Waals surface area contributed by atoms with Crippen LogP contribution in [0.2, 0.25) is 0 Å². The van der Waals surface area contributed by atoms with Gasteiger partial charge in [0.1, 0.15) is 17.2 Å². The molecule has 2 aliphatic heterocycles. The van der Waals surface area contributed by atoms with Crippen molar-refractivity contribution in [2.45, 2.75) is 84.6 Å². The Balaban J connectivity index is 1.28. The molecule has 10 nitrogen and oxygen atoms in total. The van der Waals surface area contributed by atoms with Gasteiger partial charge in [-0.25, -0.2) is 19.6 Å². The van der Waals surface area contributed by atoms with Gasteiger partial charge in [-0.05, 0) is 60.5 Å². The molecule has 2 aromatic heterocycles. The molecule has 1 atom stereocenters. The van der Waals surface area contributed by atoms with Crippen LogP contribution in [0, 0.1) is 6.92 Å². The summed E-state index contributed by atoms with van der Waals surface area (Å²) < 4.78 is 13.2. The van der Waals surface area contributed by atoms with E-state index in [1.807, 2.05) is 40.1 Å². The smallest absolute Gasteiger partial charge is 0.410 e. The molecular weight excluding hydrogens is 448 g/mol. The summed E-state index contributed by atoms with van der Waals surface area (Å²) in [5.41, 5.74) is 3.16. The average Bonchev–Trinajstić information content (AvgIpc) is 3.40. The average molecular weight is 487 g/mol. The molecule has 2 aromatic rings. The number of nitrogens with one attached hydrogen (secondary N) is 1. The minimum atomic E-state index is -0.542. The predicted octanol–water partition coefficient (Wildman–Crippen LogP) is 4.34. The Morgan fingerprint density at radius 2 is 1.77 bits per heavy atom. The molecule has 4 rings (SSSR count). The second kappa shape index (κ2) is 9.91. The highest BCUT2D eigenvalue weighted by Crippen LogP contribution is 2.27. The molecule has 1 N–H and O–H groups in total. The summed E-state index contributed by atoms with van der Waals surface area (Å²) >= 11 is 0. The lowest BCUT2D eigenvalue weighted by Crippen LogP contribution is -2.44. The number of nitrogens with zero attached hydrogens (tertiary/aromatic N) is 5. The van der Waals surface area contributed by atoms with Crippen LogP contribution in [0.3, 0.4) is 0 Å². The lowest BCUT2D eigenvalue weighted by atomic mass is 10.0. The van der Waals surface area contributed by atoms with Gasteiger partial charge in [0.2, 0.25) is 0 Å². The van der Waals surface area contributed by atoms with Gasteiger partial charge < -0.3 is 29.2 Å². The van der Waals surface area contributed by atoms with E-state index in [0.29, 0.717) is 32.6 Å². The molecule has 35 heavy (non-hydrogen) atoms. The summed E-state index contributed by atoms with van der Waals surface area (Å²) in [6, 6.07) is 2.56. The molecule has 4 heterocycles. The fourth-order valence-corrected chi connectivity index (χ4v) is 4.58. The molecule has 2 saturated heterocycles. The van der Waals surface area contributed by atoms with Gasteiger partial charge in [-0.1, -0.05) is 0 Å². The first-order valence-electron chi connectivity index (χ1n) is 12.5. The maximum Gasteiger partial charge on any atom is 0.410 e. The number of pyridine rings is 1. The first-order chi connectivity index (χ1) is 16.5. The topological polar surface area (TPSA) is 102 Å². The number of hydrogen-bond donors (Lipinski definition) is 1. The van der Waals surface area contributed by atoms with Crippen LogP contribution < -0.4 is 5.32 Å². The van der Waals surface area contributed by atoms with E-state index < -0.39 is 5.60 Å². The number of rotatable bonds is 4. The minimum Gasteiger partial charge on any atom is -0.444 e. The number of ether oxygens (including phenoxy) is 2. The van der Waals surface area contributed by atoms with Crippen LogP contribution in [-0.4, -0.2) is 80.4 Å². The number of imidazole rings is 1. The molecule has 10 heteroatoms. The van der Waals surface area contributed by atoms with Crippen LogP contribution >= 0.6 is 0 Å². The normalized spacial score (nSPS) is 19.5. The van der Waals surface area contributed by atoms with Crippen molar-refractivity contribution >= 4 is 29.0 Å². The van der Waals surface area contributed by atoms with Gasteiger partial charge >= 0.3 is 12.2 Å². The molecule has 0 aliphatic carbocycles. The highest BCUT2D eigenvalue weighted by Gasteiger charge is 2.33. The number of hydrogen-bond acceptors (Lipinski definition) is 7. The fourth-order valence-electron chi connectivity index (χ4n) is 4.58. The molecular formula is C25H38N6O4. The monoisotopic (exact) mass is 486 g/mol. The molecule has 0 bridgehead atoms. The quantitative estimate of drug-likeness (QED) is 0.686. The second-order valence-corrected chi connectivity index (χ2v) is 10.9. The SMILES string of the molecule is Cc1cc(NC2CCN(C(=O)O[C@@H]3CCN(C(=O)OC(C)(C)C)C3)CC2)c2ncn(C(C)C)c2n1. The Bertz CT molecular complexity index is 1070. The van der Waals surface area contributed by atoms with Crippen molar-refractivity contribution in [1.82, 2.24) is 24.3 Å². The number of carbonyl (C=O) groups is 2. The summed E-state index contributed by atoms with van der Waals surface area (Å²) in [7, 11) is 0. The lowest BCUT2D eigenvalue weighted by molar-refractivity contribution is 0.0235. The van der Waals surface area contributed by atoms with Crippen LogP contribution in [0.4, 0.5) is 15.3 Å². The van der Waals surface area contributed by atoms with Crippen LogP contribution in [-0.2, 0) is 9.47 Å². The third-order valence-corrected chi connectivity index (χ3v) is 6.39. The summed E-state index contributed by atoms with van der Waals surface area (Å²) in [5.74, 6) is 0. The van der Waals surface area contributed by atoms with Gasteiger partial charge in [0, 0.05) is 43.8 Å². The Morgan fingerprint density at radius 1 is 1.09 bits per heavy atom. The lowest BCUT2D eigenvalue weighted by Gasteiger charge is -2.33. The number of piperidine rings is 1. The molecule has 2 aliphatic rings. The van der Waals surface area contributed by atoms with Gasteiger partial charge in [-0.3, -0.25) is 0 Å². The highest BCUT2D eigenvalue weighted by molar-refractivity contribution is 5.86. The van der Waals surface area contributed by atoms with E-state index >= 15 is 0 Å². The number of amides is 2. The zero-order valence-corrected chi connectivity index (χ0v) is 21.7. The summed E-state index contributed by atoms with van der Waals surface area (Å²) in [5, 5.41) is 3.63. The zero-order chi connectivity index (χ0) is 25.3. The van der Waals surface area contributed by atoms with E-state index in [1.165, 1.54) is 0 Å². The first-order valence-corrected chi connectivity index (χ1v) is 12.5. The van der Waals surface area contributed by atoms with E-state index in [2.05, 4.69) is 33.7 Å². The molecule has 0 aromatic carbocycles. The predicted molar refractivity (Wildman–Crippen MR) is 134 cm³/mol. The second-order valence-electron chi connectivity index (χ2n) is 10.9. The minimum absolute atomic E-state index is 0.238. The zero-order valence-electron chi connectivity index (χ0n) is 21.7. The Morgan fingerprint density at radius 3 is 2.43 bits per heavy atom. The summed E-state index contributed by atoms with van der Waals surface area (Å²) in [6.07, 6.45) is 3.14. The molecule has 192 valence electrons. The van der Waals surface area contributed by atoms with Crippen molar-refractivity contribution in [3.63, 3.8) is 0 Å². The highest BCUT2D eigenvalue weighted by atomic mass is 16.6. The summed E-state index contributed by atoms with van der Waals surface area (Å²) in [4.78, 5) is 37.6. The van der Waals surface area contributed by atoms with Crippen molar-refractivity contribution in [2.75, 3.05) is 31.5 Å². The fraction of sp³-hybridized carbons (Fsp3) is 0.680. The van der Waals surface area contributed by atoms with E-state index in [0.717, 1.165) is 35.4 Å². The largest absolute Gasteiger partial charge is 0.444 e. The Kier molecular flexibility index (Phi) is 7.10. The first kappa shape index (κ1) is 25.1. The van der Waals surface area contributed by atoms with Gasteiger partial charge in [0.25, 0.3) is 0 Å². The van der Waals surface area contributed by atoms with E-state index in [1.54, 1.807) is 9.80 Å². The third kappa shape index (κ3) is 5.97. The molecule has 2 amide bonds. The van der Waals surface area contributed by atoms with Crippen LogP contribution in [0.1, 0.15) is 65.6 Å². The van der Waals surface area contributed by atoms with Crippen molar-refractivity contribution in [3.8, 4) is 0 Å². The number of aryl methyl sites for hydroxylation is 1. The van der Waals surface area contributed by atoms with Crippen molar-refractivity contribution < 1.29 is 19.1 Å². The van der Waals surface area contributed by atoms with Gasteiger partial charge in [-0.15, -0.1) is 0 Å². The third-order valence-electron chi connectivity index (χ3n) is 6.39. The Hall–Kier alpha value is -3.04. The van der Waals surface area contributed by atoms with Gasteiger partial charge in [-0.2, -0.15) is 0 Å². The van der Waals surface area contributed by atoms with Crippen molar-refractivity contribution in [3.05, 3.63) is 18.1 Å². The standard InChI is InChI=1S/C25H38N6O4/c1-16(2)31-15-26-21-20(13-17(3)27-22(21)31)28-18-7-10-29(11-8-18)23(32)34-19-9-12-30(14-19)24(33)35-25(4,5)6/h13,15-16,18-19H,7-12,14H2,1-6H3,(H,27,28)/t19-/m1/s1. The van der Waals surface area contributed by atoms with Crippen molar-refractivity contribution in [1.29, 1.82) is 0 Å². The Labute approximate surface area is 207 Å². The number of fused-ring (bicyclic) bond motifs is 1. The van der Waals surface area contributed by atoms with Crippen LogP contribution in [0.25, 0.3) is 11.2 Å². The molecule has 0 saturated carbocycles. The molecule has 2 fully saturated rings. The molecule has 0 radical (unpaired) electrons. The maximum absolute atomic E-state index is 12.7. The van der Waals surface area contributed by atoms with Crippen LogP contribution in [0.15, 0.2) is 12.4 Å². The van der Waals surface area contributed by atoms with Crippen LogP contribution in [0.5, 0.6) is 0 Å². The molecule has 0 spiro atoms. The van der Waals surface area contributed by atoms with E-state index in [9.17, 15) is 9.59 Å². The van der Waals surface area contributed by atoms with Gasteiger partial charge in [0.05, 0.1) is 18.6 Å². The number of likely N-dealkylation sites (tertiary alicyclic amines) is 2. The number of carbonyl (C=O) groups excluding carboxylic acids is 2. The number of anilines is 1. The van der Waals surface area contributed by atoms with E-state index in [-0.39, 0.29) is 30.4 Å². The van der Waals surface area contributed by atoms with Crippen molar-refractivity contribution in [2.24, 2.45) is 0 Å². The molecule has 0 unspecified atom stereocenters. The van der Waals surface area contributed by atoms with E-state index in [4.69, 9.17) is 9.47 Å². The number of aromatic nitrogens is 3. The summed E-state index contributed by atoms with van der Waals surface area (Å²) in [6.45, 7) is 13.9.